The summed E-state index contributed by atoms with van der Waals surface area (Å²) in [7, 11) is 0. The van der Waals surface area contributed by atoms with Gasteiger partial charge in [0.05, 0.1) is 0 Å². The molecule has 0 amide bonds. The average molecular weight is 106 g/mol. The molecule has 0 heteroatoms. The van der Waals surface area contributed by atoms with Gasteiger partial charge >= 0.3 is 0 Å². The molecule has 1 aliphatic rings. The number of rotatable bonds is 0. The third-order valence-electron chi connectivity index (χ3n) is 1.17. The Hall–Kier alpha value is -0.740. The van der Waals surface area contributed by atoms with Gasteiger partial charge in [-0.3, -0.25) is 0 Å². The Balaban J connectivity index is 2.55. The molecule has 0 fully saturated rings. The van der Waals surface area contributed by atoms with E-state index in [2.05, 4.69) is 24.0 Å². The summed E-state index contributed by atoms with van der Waals surface area (Å²) in [5.74, 6) is 0. The van der Waals surface area contributed by atoms with Gasteiger partial charge in [0.2, 0.25) is 0 Å². The van der Waals surface area contributed by atoms with E-state index in [1.165, 1.54) is 19.3 Å². The summed E-state index contributed by atoms with van der Waals surface area (Å²) in [5.41, 5.74) is 3.05. The molecule has 0 nitrogen and oxygen atoms in total. The van der Waals surface area contributed by atoms with Crippen LogP contribution < -0.4 is 0 Å². The molecule has 0 saturated carbocycles. The van der Waals surface area contributed by atoms with Crippen molar-refractivity contribution in [1.82, 2.24) is 0 Å². The van der Waals surface area contributed by atoms with E-state index in [0.29, 0.717) is 0 Å². The molecule has 0 unspecified atom stereocenters. The predicted molar refractivity (Wildman–Crippen MR) is 35.6 cm³/mol. The number of hydrogen-bond acceptors (Lipinski definition) is 0. The summed E-state index contributed by atoms with van der Waals surface area (Å²) < 4.78 is 0. The van der Waals surface area contributed by atoms with Gasteiger partial charge in [-0.15, -0.1) is 5.73 Å². The highest BCUT2D eigenvalue weighted by Crippen LogP contribution is 1.99. The molecule has 0 aromatic rings. The van der Waals surface area contributed by atoms with E-state index in [0.717, 1.165) is 0 Å². The van der Waals surface area contributed by atoms with Gasteiger partial charge in [0.25, 0.3) is 0 Å². The van der Waals surface area contributed by atoms with Crippen LogP contribution in [0.1, 0.15) is 19.3 Å². The van der Waals surface area contributed by atoms with Crippen LogP contribution in [0, 0.1) is 0 Å². The van der Waals surface area contributed by atoms with Crippen LogP contribution in [-0.2, 0) is 0 Å². The van der Waals surface area contributed by atoms with Crippen molar-refractivity contribution in [1.29, 1.82) is 0 Å². The second-order valence-electron chi connectivity index (χ2n) is 1.90. The molecule has 0 aromatic carbocycles. The molecule has 0 atom stereocenters. The lowest BCUT2D eigenvalue weighted by Crippen LogP contribution is -1.68. The maximum Gasteiger partial charge on any atom is -0.0206 e. The highest BCUT2D eigenvalue weighted by molar-refractivity contribution is 5.03. The van der Waals surface area contributed by atoms with Gasteiger partial charge in [0, 0.05) is 0 Å². The molecule has 1 rings (SSSR count). The molecule has 0 bridgehead atoms. The summed E-state index contributed by atoms with van der Waals surface area (Å²) in [6, 6.07) is 0. The number of hydrogen-bond donors (Lipinski definition) is 0. The van der Waals surface area contributed by atoms with Gasteiger partial charge < -0.3 is 0 Å². The Morgan fingerprint density at radius 1 is 1.25 bits per heavy atom. The minimum absolute atomic E-state index is 1.18. The van der Waals surface area contributed by atoms with Crippen molar-refractivity contribution < 1.29 is 0 Å². The van der Waals surface area contributed by atoms with E-state index >= 15 is 0 Å². The van der Waals surface area contributed by atoms with Crippen molar-refractivity contribution >= 4 is 0 Å². The van der Waals surface area contributed by atoms with Crippen LogP contribution in [-0.4, -0.2) is 0 Å². The summed E-state index contributed by atoms with van der Waals surface area (Å²) in [4.78, 5) is 0. The van der Waals surface area contributed by atoms with Crippen molar-refractivity contribution in [3.8, 4) is 0 Å². The minimum Gasteiger partial charge on any atom is -0.125 e. The Morgan fingerprint density at radius 3 is 3.25 bits per heavy atom. The predicted octanol–water partition coefficient (Wildman–Crippen LogP) is 2.44. The van der Waals surface area contributed by atoms with Crippen LogP contribution >= 0.6 is 0 Å². The fourth-order valence-corrected chi connectivity index (χ4v) is 0.709. The Labute approximate surface area is 50.2 Å². The smallest absolute Gasteiger partial charge is 0.0206 e. The lowest BCUT2D eigenvalue weighted by Gasteiger charge is -1.88. The summed E-state index contributed by atoms with van der Waals surface area (Å²) in [6.07, 6.45) is 11.9. The molecule has 1 aliphatic carbocycles. The van der Waals surface area contributed by atoms with Crippen LogP contribution in [0.25, 0.3) is 0 Å². The fraction of sp³-hybridized carbons (Fsp3) is 0.375. The highest BCUT2D eigenvalue weighted by atomic mass is 13.8. The van der Waals surface area contributed by atoms with E-state index in [4.69, 9.17) is 0 Å². The molecular formula is C8H10. The molecule has 0 spiro atoms. The van der Waals surface area contributed by atoms with Crippen LogP contribution in [0.4, 0.5) is 0 Å². The zero-order valence-electron chi connectivity index (χ0n) is 4.93. The summed E-state index contributed by atoms with van der Waals surface area (Å²) in [5, 5.41) is 0. The van der Waals surface area contributed by atoms with E-state index < -0.39 is 0 Å². The van der Waals surface area contributed by atoms with Crippen molar-refractivity contribution in [3.63, 3.8) is 0 Å². The SMILES string of the molecule is C1=C/C=C\CCCC=1. The molecule has 0 heterocycles. The third-order valence-corrected chi connectivity index (χ3v) is 1.17. The van der Waals surface area contributed by atoms with Crippen LogP contribution in [0.3, 0.4) is 0 Å². The molecule has 42 valence electrons. The second-order valence-corrected chi connectivity index (χ2v) is 1.90. The minimum atomic E-state index is 1.18. The van der Waals surface area contributed by atoms with Gasteiger partial charge in [0.15, 0.2) is 0 Å². The maximum absolute atomic E-state index is 3.05. The molecule has 0 N–H and O–H groups in total. The van der Waals surface area contributed by atoms with Crippen LogP contribution in [0.5, 0.6) is 0 Å². The zero-order chi connectivity index (χ0) is 5.66. The molecular weight excluding hydrogens is 96.1 g/mol. The van der Waals surface area contributed by atoms with Gasteiger partial charge in [0.1, 0.15) is 0 Å². The van der Waals surface area contributed by atoms with Gasteiger partial charge in [-0.2, -0.15) is 0 Å². The van der Waals surface area contributed by atoms with Crippen molar-refractivity contribution in [3.05, 3.63) is 30.0 Å². The first-order valence-corrected chi connectivity index (χ1v) is 3.06. The standard InChI is InChI=1S/C8H10/c1-2-4-6-8-7-5-3-1/h1-3,7H,4,6,8H2/b2-1-. The molecule has 0 aromatic heterocycles. The topological polar surface area (TPSA) is 0 Å². The van der Waals surface area contributed by atoms with E-state index in [9.17, 15) is 0 Å². The molecule has 0 saturated heterocycles. The monoisotopic (exact) mass is 106 g/mol. The van der Waals surface area contributed by atoms with Gasteiger partial charge in [-0.25, -0.2) is 0 Å². The number of allylic oxidation sites excluding steroid dienone is 3. The van der Waals surface area contributed by atoms with Crippen molar-refractivity contribution in [2.75, 3.05) is 0 Å². The summed E-state index contributed by atoms with van der Waals surface area (Å²) >= 11 is 0. The zero-order valence-corrected chi connectivity index (χ0v) is 4.93. The van der Waals surface area contributed by atoms with E-state index in [-0.39, 0.29) is 0 Å². The average Bonchev–Trinajstić information content (AvgIpc) is 1.62. The first-order valence-electron chi connectivity index (χ1n) is 3.06. The van der Waals surface area contributed by atoms with E-state index in [1.54, 1.807) is 0 Å². The first-order chi connectivity index (χ1) is 4.00. The third kappa shape index (κ3) is 1.81. The lowest BCUT2D eigenvalue weighted by molar-refractivity contribution is 0.867. The Morgan fingerprint density at radius 2 is 2.25 bits per heavy atom. The lowest BCUT2D eigenvalue weighted by atomic mass is 10.2. The van der Waals surface area contributed by atoms with Gasteiger partial charge in [-0.1, -0.05) is 12.2 Å². The quantitative estimate of drug-likeness (QED) is 0.416. The maximum atomic E-state index is 3.05. The largest absolute Gasteiger partial charge is 0.125 e. The van der Waals surface area contributed by atoms with Crippen LogP contribution in [0.2, 0.25) is 0 Å². The molecule has 0 radical (unpaired) electrons. The highest BCUT2D eigenvalue weighted by Gasteiger charge is 1.79. The Kier molecular flexibility index (Phi) is 2.22. The van der Waals surface area contributed by atoms with Crippen molar-refractivity contribution in [2.24, 2.45) is 0 Å². The fourth-order valence-electron chi connectivity index (χ4n) is 0.709. The second kappa shape index (κ2) is 3.29. The van der Waals surface area contributed by atoms with Crippen LogP contribution in [0.15, 0.2) is 30.0 Å². The van der Waals surface area contributed by atoms with Gasteiger partial charge in [-0.05, 0) is 31.4 Å². The van der Waals surface area contributed by atoms with E-state index in [1.807, 2.05) is 6.08 Å². The normalized spacial score (nSPS) is 22.0. The van der Waals surface area contributed by atoms with Crippen molar-refractivity contribution in [2.45, 2.75) is 19.3 Å². The summed E-state index contributed by atoms with van der Waals surface area (Å²) in [6.45, 7) is 0. The molecule has 0 aliphatic heterocycles. The Bertz CT molecular complexity index is 134. The first kappa shape index (κ1) is 5.40. The molecule has 8 heavy (non-hydrogen) atoms.